The molecule has 0 spiro atoms. The maximum atomic E-state index is 5.86. The quantitative estimate of drug-likeness (QED) is 0.853. The molecule has 92 valence electrons. The maximum absolute atomic E-state index is 5.86. The van der Waals surface area contributed by atoms with Crippen molar-refractivity contribution in [2.75, 3.05) is 5.73 Å². The molecule has 0 aliphatic carbocycles. The predicted molar refractivity (Wildman–Crippen MR) is 76.9 cm³/mol. The van der Waals surface area contributed by atoms with Gasteiger partial charge in [0, 0.05) is 0 Å². The van der Waals surface area contributed by atoms with E-state index < -0.39 is 0 Å². The Hall–Kier alpha value is -1.09. The lowest BCUT2D eigenvalue weighted by Gasteiger charge is -2.17. The standard InChI is InChI=1S/C14H20N2S/c1-7(2)10-6-9(5)13-12(11(10)8(3)4)16-14(15)17-13/h6-8H,1-5H3,(H2,15,16). The van der Waals surface area contributed by atoms with Crippen molar-refractivity contribution in [2.45, 2.75) is 46.5 Å². The first-order valence-electron chi connectivity index (χ1n) is 6.11. The number of hydrogen-bond donors (Lipinski definition) is 1. The smallest absolute Gasteiger partial charge is 0.181 e. The molecule has 0 fully saturated rings. The molecule has 17 heavy (non-hydrogen) atoms. The van der Waals surface area contributed by atoms with Gasteiger partial charge in [0.25, 0.3) is 0 Å². The summed E-state index contributed by atoms with van der Waals surface area (Å²) in [7, 11) is 0. The number of nitrogens with zero attached hydrogens (tertiary/aromatic N) is 1. The van der Waals surface area contributed by atoms with Gasteiger partial charge >= 0.3 is 0 Å². The molecule has 0 unspecified atom stereocenters. The van der Waals surface area contributed by atoms with E-state index >= 15 is 0 Å². The average Bonchev–Trinajstić information content (AvgIpc) is 2.58. The summed E-state index contributed by atoms with van der Waals surface area (Å²) in [6, 6.07) is 2.31. The van der Waals surface area contributed by atoms with E-state index in [9.17, 15) is 0 Å². The summed E-state index contributed by atoms with van der Waals surface area (Å²) in [5.41, 5.74) is 11.1. The topological polar surface area (TPSA) is 38.9 Å². The molecule has 2 rings (SSSR count). The molecule has 3 heteroatoms. The number of nitrogen functional groups attached to an aromatic ring is 1. The van der Waals surface area contributed by atoms with Crippen LogP contribution >= 0.6 is 11.3 Å². The summed E-state index contributed by atoms with van der Waals surface area (Å²) in [6.45, 7) is 11.1. The van der Waals surface area contributed by atoms with Gasteiger partial charge in [-0.1, -0.05) is 45.1 Å². The Morgan fingerprint density at radius 1 is 1.18 bits per heavy atom. The Morgan fingerprint density at radius 2 is 1.82 bits per heavy atom. The molecule has 1 heterocycles. The first kappa shape index (κ1) is 12.4. The maximum Gasteiger partial charge on any atom is 0.181 e. The third kappa shape index (κ3) is 2.04. The van der Waals surface area contributed by atoms with Gasteiger partial charge < -0.3 is 5.73 Å². The molecule has 2 nitrogen and oxygen atoms in total. The molecule has 0 aliphatic heterocycles. The van der Waals surface area contributed by atoms with Crippen molar-refractivity contribution in [1.29, 1.82) is 0 Å². The lowest BCUT2D eigenvalue weighted by molar-refractivity contribution is 0.795. The van der Waals surface area contributed by atoms with E-state index in [0.29, 0.717) is 17.0 Å². The SMILES string of the molecule is Cc1cc(C(C)C)c(C(C)C)c2nc(N)sc12. The van der Waals surface area contributed by atoms with Gasteiger partial charge in [-0.25, -0.2) is 4.98 Å². The van der Waals surface area contributed by atoms with Crippen LogP contribution in [0.2, 0.25) is 0 Å². The van der Waals surface area contributed by atoms with E-state index in [4.69, 9.17) is 5.73 Å². The molecule has 0 saturated heterocycles. The third-order valence-corrected chi connectivity index (χ3v) is 4.16. The number of thiazole rings is 1. The average molecular weight is 248 g/mol. The largest absolute Gasteiger partial charge is 0.375 e. The normalized spacial score (nSPS) is 11.9. The van der Waals surface area contributed by atoms with Crippen molar-refractivity contribution in [3.63, 3.8) is 0 Å². The Balaban J connectivity index is 2.87. The zero-order chi connectivity index (χ0) is 12.7. The van der Waals surface area contributed by atoms with Crippen LogP contribution in [0.3, 0.4) is 0 Å². The zero-order valence-corrected chi connectivity index (χ0v) is 12.0. The summed E-state index contributed by atoms with van der Waals surface area (Å²) in [5.74, 6) is 1.01. The third-order valence-electron chi connectivity index (χ3n) is 3.14. The van der Waals surface area contributed by atoms with E-state index in [0.717, 1.165) is 5.52 Å². The predicted octanol–water partition coefficient (Wildman–Crippen LogP) is 4.43. The van der Waals surface area contributed by atoms with Crippen LogP contribution in [-0.4, -0.2) is 4.98 Å². The van der Waals surface area contributed by atoms with Gasteiger partial charge in [-0.3, -0.25) is 0 Å². The molecule has 0 atom stereocenters. The molecule has 0 saturated carbocycles. The van der Waals surface area contributed by atoms with E-state index in [1.807, 2.05) is 0 Å². The molecular weight excluding hydrogens is 228 g/mol. The minimum absolute atomic E-state index is 0.483. The van der Waals surface area contributed by atoms with Crippen LogP contribution < -0.4 is 5.73 Å². The molecule has 0 radical (unpaired) electrons. The van der Waals surface area contributed by atoms with E-state index in [1.54, 1.807) is 11.3 Å². The number of anilines is 1. The molecule has 0 bridgehead atoms. The number of aromatic nitrogens is 1. The van der Waals surface area contributed by atoms with Crippen molar-refractivity contribution < 1.29 is 0 Å². The summed E-state index contributed by atoms with van der Waals surface area (Å²) < 4.78 is 1.25. The lowest BCUT2D eigenvalue weighted by atomic mass is 9.88. The highest BCUT2D eigenvalue weighted by Crippen LogP contribution is 2.37. The van der Waals surface area contributed by atoms with Crippen LogP contribution in [-0.2, 0) is 0 Å². The van der Waals surface area contributed by atoms with Crippen LogP contribution in [0.25, 0.3) is 10.2 Å². The summed E-state index contributed by atoms with van der Waals surface area (Å²) in [5, 5.41) is 0.672. The highest BCUT2D eigenvalue weighted by atomic mass is 32.1. The Kier molecular flexibility index (Phi) is 3.13. The second-order valence-corrected chi connectivity index (χ2v) is 6.27. The van der Waals surface area contributed by atoms with Crippen molar-refractivity contribution in [1.82, 2.24) is 4.98 Å². The molecule has 1 aromatic carbocycles. The fraction of sp³-hybridized carbons (Fsp3) is 0.500. The highest BCUT2D eigenvalue weighted by Gasteiger charge is 2.18. The van der Waals surface area contributed by atoms with Crippen LogP contribution in [0.5, 0.6) is 0 Å². The second kappa shape index (κ2) is 4.30. The first-order chi connectivity index (χ1) is 7.91. The zero-order valence-electron chi connectivity index (χ0n) is 11.2. The second-order valence-electron chi connectivity index (χ2n) is 5.24. The van der Waals surface area contributed by atoms with Crippen molar-refractivity contribution in [3.8, 4) is 0 Å². The van der Waals surface area contributed by atoms with Gasteiger partial charge in [0.1, 0.15) is 0 Å². The number of rotatable bonds is 2. The summed E-state index contributed by atoms with van der Waals surface area (Å²) >= 11 is 1.60. The van der Waals surface area contributed by atoms with E-state index in [-0.39, 0.29) is 0 Å². The molecule has 0 amide bonds. The first-order valence-corrected chi connectivity index (χ1v) is 6.92. The van der Waals surface area contributed by atoms with Gasteiger partial charge in [0.2, 0.25) is 0 Å². The summed E-state index contributed by atoms with van der Waals surface area (Å²) in [6.07, 6.45) is 0. The van der Waals surface area contributed by atoms with Gasteiger partial charge in [-0.05, 0) is 35.4 Å². The molecular formula is C14H20N2S. The van der Waals surface area contributed by atoms with E-state index in [2.05, 4.69) is 45.7 Å². The van der Waals surface area contributed by atoms with Crippen molar-refractivity contribution >= 4 is 26.7 Å². The Labute approximate surface area is 107 Å². The number of fused-ring (bicyclic) bond motifs is 1. The van der Waals surface area contributed by atoms with Gasteiger partial charge in [-0.2, -0.15) is 0 Å². The number of nitrogens with two attached hydrogens (primary N) is 1. The van der Waals surface area contributed by atoms with Crippen LogP contribution in [0.1, 0.15) is 56.2 Å². The van der Waals surface area contributed by atoms with Crippen molar-refractivity contribution in [2.24, 2.45) is 0 Å². The molecule has 0 aliphatic rings. The highest BCUT2D eigenvalue weighted by molar-refractivity contribution is 7.22. The van der Waals surface area contributed by atoms with Crippen LogP contribution in [0.15, 0.2) is 6.07 Å². The number of hydrogen-bond acceptors (Lipinski definition) is 3. The molecule has 2 aromatic rings. The lowest BCUT2D eigenvalue weighted by Crippen LogP contribution is -2.01. The van der Waals surface area contributed by atoms with E-state index in [1.165, 1.54) is 21.4 Å². The van der Waals surface area contributed by atoms with Crippen LogP contribution in [0, 0.1) is 6.92 Å². The summed E-state index contributed by atoms with van der Waals surface area (Å²) in [4.78, 5) is 4.53. The minimum Gasteiger partial charge on any atom is -0.375 e. The Bertz CT molecular complexity index is 553. The number of benzene rings is 1. The number of aryl methyl sites for hydroxylation is 1. The van der Waals surface area contributed by atoms with Gasteiger partial charge in [0.05, 0.1) is 10.2 Å². The minimum atomic E-state index is 0.483. The van der Waals surface area contributed by atoms with Crippen LogP contribution in [0.4, 0.5) is 5.13 Å². The van der Waals surface area contributed by atoms with Gasteiger partial charge in [-0.15, -0.1) is 0 Å². The Morgan fingerprint density at radius 3 is 2.35 bits per heavy atom. The van der Waals surface area contributed by atoms with Gasteiger partial charge in [0.15, 0.2) is 5.13 Å². The molecule has 1 aromatic heterocycles. The van der Waals surface area contributed by atoms with Crippen molar-refractivity contribution in [3.05, 3.63) is 22.8 Å². The molecule has 2 N–H and O–H groups in total. The monoisotopic (exact) mass is 248 g/mol. The fourth-order valence-electron chi connectivity index (χ4n) is 2.38. The fourth-order valence-corrected chi connectivity index (χ4v) is 3.20.